The van der Waals surface area contributed by atoms with Crippen molar-refractivity contribution in [3.8, 4) is 6.07 Å². The van der Waals surface area contributed by atoms with Gasteiger partial charge in [-0.25, -0.2) is 0 Å². The summed E-state index contributed by atoms with van der Waals surface area (Å²) in [6, 6.07) is 2.19. The number of Topliss-reactive ketones (excluding diaryl/α,β-unsaturated/α-hetero) is 1. The fourth-order valence-corrected chi connectivity index (χ4v) is 10.6. The number of nitrogens with one attached hydrogen (secondary N) is 1. The van der Waals surface area contributed by atoms with Crippen LogP contribution in [0.4, 0.5) is 0 Å². The van der Waals surface area contributed by atoms with Gasteiger partial charge in [0.1, 0.15) is 6.07 Å². The van der Waals surface area contributed by atoms with Crippen molar-refractivity contribution in [1.82, 2.24) is 5.32 Å². The molecule has 0 aromatic heterocycles. The number of ketones is 2. The minimum Gasteiger partial charge on any atom is -0.356 e. The predicted octanol–water partition coefficient (Wildman–Crippen LogP) is 6.20. The Labute approximate surface area is 228 Å². The van der Waals surface area contributed by atoms with Crippen LogP contribution in [0.2, 0.25) is 0 Å². The molecule has 0 bridgehead atoms. The van der Waals surface area contributed by atoms with Gasteiger partial charge in [0.2, 0.25) is 5.91 Å². The van der Waals surface area contributed by atoms with Gasteiger partial charge in [0.25, 0.3) is 0 Å². The normalized spacial score (nSPS) is 47.3. The highest BCUT2D eigenvalue weighted by molar-refractivity contribution is 6.04. The number of hydrogen-bond acceptors (Lipinski definition) is 4. The van der Waals surface area contributed by atoms with Crippen LogP contribution >= 0.6 is 0 Å². The molecule has 0 aromatic rings. The number of nitriles is 1. The molecule has 5 aliphatic rings. The lowest BCUT2D eigenvalue weighted by Gasteiger charge is -2.69. The van der Waals surface area contributed by atoms with Crippen LogP contribution in [0.3, 0.4) is 0 Å². The molecule has 3 saturated carbocycles. The van der Waals surface area contributed by atoms with Gasteiger partial charge >= 0.3 is 0 Å². The van der Waals surface area contributed by atoms with E-state index in [0.717, 1.165) is 44.1 Å². The van der Waals surface area contributed by atoms with Crippen molar-refractivity contribution in [2.45, 2.75) is 93.9 Å². The van der Waals surface area contributed by atoms with Crippen LogP contribution in [0.15, 0.2) is 23.3 Å². The summed E-state index contributed by atoms with van der Waals surface area (Å²) in [5.41, 5.74) is -0.238. The minimum absolute atomic E-state index is 0.00245. The second-order valence-corrected chi connectivity index (χ2v) is 15.0. The Bertz CT molecular complexity index is 1200. The van der Waals surface area contributed by atoms with Crippen molar-refractivity contribution >= 4 is 17.5 Å². The quantitative estimate of drug-likeness (QED) is 0.472. The molecule has 206 valence electrons. The molecular formula is C33H46N2O3. The van der Waals surface area contributed by atoms with Crippen LogP contribution in [-0.2, 0) is 14.4 Å². The highest BCUT2D eigenvalue weighted by Crippen LogP contribution is 2.74. The Hall–Kier alpha value is -2.22. The van der Waals surface area contributed by atoms with E-state index < -0.39 is 10.8 Å². The van der Waals surface area contributed by atoms with Crippen LogP contribution < -0.4 is 5.32 Å². The van der Waals surface area contributed by atoms with Crippen molar-refractivity contribution in [2.24, 2.45) is 56.7 Å². The van der Waals surface area contributed by atoms with Crippen molar-refractivity contribution in [2.75, 3.05) is 6.54 Å². The minimum atomic E-state index is -0.648. The Kier molecular flexibility index (Phi) is 6.04. The molecule has 0 radical (unpaired) electrons. The van der Waals surface area contributed by atoms with Gasteiger partial charge in [-0.05, 0) is 84.5 Å². The number of carbonyl (C=O) groups is 3. The third-order valence-corrected chi connectivity index (χ3v) is 13.1. The number of allylic oxidation sites excluding steroid dienone is 4. The standard InChI is InChI=1S/C33H46N2O3/c1-19-9-12-33(18-35-21(3)36)14-13-32(8)27(26(33)20(19)2)23(37)15-25-30(6)16-22(17-34)28(38)29(4,5)24(30)10-11-31(25,32)7/h15-16,19-20,24,26-27H,9-14,18H2,1-8H3,(H,35,36)/t19-,20+,24+,26+,27-,30+,31-,32-,33-/m1/s1. The van der Waals surface area contributed by atoms with E-state index in [1.54, 1.807) is 6.92 Å². The molecule has 0 heterocycles. The summed E-state index contributed by atoms with van der Waals surface area (Å²) in [4.78, 5) is 39.7. The summed E-state index contributed by atoms with van der Waals surface area (Å²) in [5, 5.41) is 13.1. The number of hydrogen-bond donors (Lipinski definition) is 1. The van der Waals surface area contributed by atoms with Crippen molar-refractivity contribution in [3.63, 3.8) is 0 Å². The zero-order valence-electron chi connectivity index (χ0n) is 24.7. The first-order valence-electron chi connectivity index (χ1n) is 14.8. The lowest BCUT2D eigenvalue weighted by atomic mass is 9.34. The molecule has 5 aliphatic carbocycles. The van der Waals surface area contributed by atoms with Crippen molar-refractivity contribution < 1.29 is 14.4 Å². The SMILES string of the molecule is CC(=O)NC[C@]12CC[C@@H](C)[C@H](C)[C@H]1[C@H]1C(=O)C=C3[C@@]4(C)C=C(C#N)C(=O)C(C)(C)[C@@H]4CC[C@@]3(C)[C@]1(C)CC2. The summed E-state index contributed by atoms with van der Waals surface area (Å²) >= 11 is 0. The second kappa shape index (κ2) is 8.39. The Balaban J connectivity index is 1.68. The summed E-state index contributed by atoms with van der Waals surface area (Å²) in [5.74, 6) is 1.29. The van der Waals surface area contributed by atoms with Crippen molar-refractivity contribution in [1.29, 1.82) is 5.26 Å². The molecule has 9 atom stereocenters. The van der Waals surface area contributed by atoms with Gasteiger partial charge in [0.05, 0.1) is 5.57 Å². The summed E-state index contributed by atoms with van der Waals surface area (Å²) in [7, 11) is 0. The molecule has 38 heavy (non-hydrogen) atoms. The van der Waals surface area contributed by atoms with E-state index in [9.17, 15) is 19.6 Å². The molecule has 1 amide bonds. The molecule has 5 heteroatoms. The largest absolute Gasteiger partial charge is 0.356 e. The fraction of sp³-hybridized carbons (Fsp3) is 0.758. The molecule has 1 N–H and O–H groups in total. The zero-order chi connectivity index (χ0) is 28.1. The van der Waals surface area contributed by atoms with Gasteiger partial charge in [-0.3, -0.25) is 14.4 Å². The predicted molar refractivity (Wildman–Crippen MR) is 148 cm³/mol. The van der Waals surface area contributed by atoms with E-state index in [1.165, 1.54) is 0 Å². The summed E-state index contributed by atoms with van der Waals surface area (Å²) in [6.45, 7) is 17.8. The van der Waals surface area contributed by atoms with Gasteiger partial charge in [-0.2, -0.15) is 5.26 Å². The molecule has 0 aromatic carbocycles. The lowest BCUT2D eigenvalue weighted by Crippen LogP contribution is -2.66. The van der Waals surface area contributed by atoms with Crippen molar-refractivity contribution in [3.05, 3.63) is 23.3 Å². The maximum atomic E-state index is 14.5. The number of fused-ring (bicyclic) bond motifs is 7. The number of rotatable bonds is 2. The topological polar surface area (TPSA) is 87.0 Å². The maximum absolute atomic E-state index is 14.5. The Morgan fingerprint density at radius 1 is 1.05 bits per heavy atom. The molecule has 0 spiro atoms. The van der Waals surface area contributed by atoms with E-state index in [0.29, 0.717) is 18.4 Å². The lowest BCUT2D eigenvalue weighted by molar-refractivity contribution is -0.176. The number of nitrogens with zero attached hydrogens (tertiary/aromatic N) is 1. The summed E-state index contributed by atoms with van der Waals surface area (Å²) in [6.07, 6.45) is 9.90. The van der Waals surface area contributed by atoms with Gasteiger partial charge in [0.15, 0.2) is 11.6 Å². The van der Waals surface area contributed by atoms with Crippen LogP contribution in [0.25, 0.3) is 0 Å². The molecule has 5 rings (SSSR count). The zero-order valence-corrected chi connectivity index (χ0v) is 24.7. The molecule has 5 nitrogen and oxygen atoms in total. The molecule has 3 fully saturated rings. The first-order valence-corrected chi connectivity index (χ1v) is 14.8. The third-order valence-electron chi connectivity index (χ3n) is 13.1. The average Bonchev–Trinajstić information content (AvgIpc) is 2.84. The van der Waals surface area contributed by atoms with E-state index in [1.807, 2.05) is 26.0 Å². The van der Waals surface area contributed by atoms with E-state index in [4.69, 9.17) is 0 Å². The number of carbonyl (C=O) groups excluding carboxylic acids is 3. The van der Waals surface area contributed by atoms with Gasteiger partial charge in [0, 0.05) is 30.2 Å². The smallest absolute Gasteiger partial charge is 0.216 e. The Morgan fingerprint density at radius 3 is 2.37 bits per heavy atom. The van der Waals surface area contributed by atoms with Crippen LogP contribution in [0.1, 0.15) is 93.9 Å². The molecule has 0 unspecified atom stereocenters. The maximum Gasteiger partial charge on any atom is 0.216 e. The third kappa shape index (κ3) is 3.31. The van der Waals surface area contributed by atoms with Crippen LogP contribution in [0, 0.1) is 68.0 Å². The molecular weight excluding hydrogens is 472 g/mol. The Morgan fingerprint density at radius 2 is 1.74 bits per heavy atom. The van der Waals surface area contributed by atoms with E-state index in [-0.39, 0.29) is 57.0 Å². The fourth-order valence-electron chi connectivity index (χ4n) is 10.6. The van der Waals surface area contributed by atoms with Gasteiger partial charge in [-0.15, -0.1) is 0 Å². The van der Waals surface area contributed by atoms with Gasteiger partial charge < -0.3 is 5.32 Å². The molecule has 0 saturated heterocycles. The first-order chi connectivity index (χ1) is 17.6. The van der Waals surface area contributed by atoms with E-state index in [2.05, 4.69) is 46.0 Å². The molecule has 0 aliphatic heterocycles. The summed E-state index contributed by atoms with van der Waals surface area (Å²) < 4.78 is 0. The van der Waals surface area contributed by atoms with Crippen LogP contribution in [-0.4, -0.2) is 24.0 Å². The highest BCUT2D eigenvalue weighted by Gasteiger charge is 2.70. The van der Waals surface area contributed by atoms with Gasteiger partial charge in [-0.1, -0.05) is 60.1 Å². The van der Waals surface area contributed by atoms with E-state index >= 15 is 0 Å². The monoisotopic (exact) mass is 518 g/mol. The second-order valence-electron chi connectivity index (χ2n) is 15.0. The number of amides is 1. The van der Waals surface area contributed by atoms with Crippen LogP contribution in [0.5, 0.6) is 0 Å². The highest BCUT2D eigenvalue weighted by atomic mass is 16.1. The average molecular weight is 519 g/mol. The first kappa shape index (κ1) is 27.4.